The van der Waals surface area contributed by atoms with E-state index in [1.165, 1.54) is 5.56 Å². The van der Waals surface area contributed by atoms with Gasteiger partial charge in [0.1, 0.15) is 5.75 Å². The van der Waals surface area contributed by atoms with E-state index < -0.39 is 0 Å². The molecule has 2 heterocycles. The highest BCUT2D eigenvalue weighted by molar-refractivity contribution is 6.62. The third-order valence-electron chi connectivity index (χ3n) is 6.02. The standard InChI is InChI=1S/C20H32BNO4/c1-7-17-14-24-11-10-22(17)13-15-12-16(8-9-18(15)23-6)21-25-19(2,3)20(4,5)26-21/h8-9,12,17H,7,10-11,13-14H2,1-6H3. The fourth-order valence-corrected chi connectivity index (χ4v) is 3.54. The summed E-state index contributed by atoms with van der Waals surface area (Å²) in [6.07, 6.45) is 1.08. The summed E-state index contributed by atoms with van der Waals surface area (Å²) in [7, 11) is 1.38. The Hall–Kier alpha value is -1.08. The highest BCUT2D eigenvalue weighted by atomic mass is 16.7. The first-order chi connectivity index (χ1) is 12.3. The average Bonchev–Trinajstić information content (AvgIpc) is 2.83. The van der Waals surface area contributed by atoms with Crippen molar-refractivity contribution < 1.29 is 18.8 Å². The van der Waals surface area contributed by atoms with Crippen LogP contribution in [0.1, 0.15) is 46.6 Å². The zero-order valence-electron chi connectivity index (χ0n) is 17.0. The van der Waals surface area contributed by atoms with Gasteiger partial charge in [0.25, 0.3) is 0 Å². The molecular weight excluding hydrogens is 329 g/mol. The molecule has 0 saturated carbocycles. The lowest BCUT2D eigenvalue weighted by Gasteiger charge is -2.35. The van der Waals surface area contributed by atoms with Crippen LogP contribution in [0.3, 0.4) is 0 Å². The van der Waals surface area contributed by atoms with Gasteiger partial charge in [-0.1, -0.05) is 19.1 Å². The Balaban J connectivity index is 1.83. The van der Waals surface area contributed by atoms with Crippen molar-refractivity contribution in [2.45, 2.75) is 64.8 Å². The normalized spacial score (nSPS) is 25.5. The smallest absolute Gasteiger partial charge is 0.494 e. The van der Waals surface area contributed by atoms with E-state index in [0.29, 0.717) is 6.04 Å². The number of nitrogens with zero attached hydrogens (tertiary/aromatic N) is 1. The van der Waals surface area contributed by atoms with Crippen molar-refractivity contribution in [2.24, 2.45) is 0 Å². The van der Waals surface area contributed by atoms with Crippen molar-refractivity contribution in [1.29, 1.82) is 0 Å². The lowest BCUT2D eigenvalue weighted by molar-refractivity contribution is -0.0129. The molecule has 2 aliphatic heterocycles. The first-order valence-electron chi connectivity index (χ1n) is 9.61. The van der Waals surface area contributed by atoms with Crippen LogP contribution in [0.4, 0.5) is 0 Å². The average molecular weight is 361 g/mol. The quantitative estimate of drug-likeness (QED) is 0.754. The molecule has 2 fully saturated rings. The van der Waals surface area contributed by atoms with E-state index in [4.69, 9.17) is 18.8 Å². The van der Waals surface area contributed by atoms with Gasteiger partial charge in [0.05, 0.1) is 31.5 Å². The molecule has 2 aliphatic rings. The highest BCUT2D eigenvalue weighted by Crippen LogP contribution is 2.36. The summed E-state index contributed by atoms with van der Waals surface area (Å²) >= 11 is 0. The zero-order chi connectivity index (χ0) is 18.9. The minimum atomic E-state index is -0.351. The Morgan fingerprint density at radius 3 is 2.50 bits per heavy atom. The van der Waals surface area contributed by atoms with Gasteiger partial charge in [-0.2, -0.15) is 0 Å². The van der Waals surface area contributed by atoms with E-state index >= 15 is 0 Å². The van der Waals surface area contributed by atoms with Crippen molar-refractivity contribution in [3.8, 4) is 5.75 Å². The van der Waals surface area contributed by atoms with Gasteiger partial charge in [-0.3, -0.25) is 4.90 Å². The number of methoxy groups -OCH3 is 1. The fraction of sp³-hybridized carbons (Fsp3) is 0.700. The van der Waals surface area contributed by atoms with Gasteiger partial charge in [-0.05, 0) is 45.6 Å². The second-order valence-electron chi connectivity index (χ2n) is 8.27. The topological polar surface area (TPSA) is 40.2 Å². The molecule has 5 nitrogen and oxygen atoms in total. The monoisotopic (exact) mass is 361 g/mol. The maximum atomic E-state index is 6.21. The molecule has 0 radical (unpaired) electrons. The molecule has 0 bridgehead atoms. The van der Waals surface area contributed by atoms with Gasteiger partial charge in [0, 0.05) is 24.7 Å². The number of benzene rings is 1. The van der Waals surface area contributed by atoms with E-state index in [1.807, 2.05) is 12.1 Å². The van der Waals surface area contributed by atoms with Crippen molar-refractivity contribution in [3.05, 3.63) is 23.8 Å². The first-order valence-corrected chi connectivity index (χ1v) is 9.61. The molecular formula is C20H32BNO4. The molecule has 1 unspecified atom stereocenters. The van der Waals surface area contributed by atoms with Crippen LogP contribution in [-0.4, -0.2) is 56.1 Å². The summed E-state index contributed by atoms with van der Waals surface area (Å²) in [6.45, 7) is 13.9. The van der Waals surface area contributed by atoms with Crippen molar-refractivity contribution in [3.63, 3.8) is 0 Å². The molecule has 0 N–H and O–H groups in total. The van der Waals surface area contributed by atoms with Crippen molar-refractivity contribution in [1.82, 2.24) is 4.90 Å². The minimum Gasteiger partial charge on any atom is -0.496 e. The van der Waals surface area contributed by atoms with Crippen molar-refractivity contribution >= 4 is 12.6 Å². The van der Waals surface area contributed by atoms with Crippen LogP contribution in [0.2, 0.25) is 0 Å². The van der Waals surface area contributed by atoms with E-state index in [-0.39, 0.29) is 18.3 Å². The molecule has 0 amide bonds. The van der Waals surface area contributed by atoms with Crippen LogP contribution in [0.15, 0.2) is 18.2 Å². The van der Waals surface area contributed by atoms with E-state index in [9.17, 15) is 0 Å². The van der Waals surface area contributed by atoms with Crippen LogP contribution in [0.5, 0.6) is 5.75 Å². The van der Waals surface area contributed by atoms with E-state index in [0.717, 1.165) is 43.9 Å². The molecule has 144 valence electrons. The summed E-state index contributed by atoms with van der Waals surface area (Å²) in [6, 6.07) is 6.69. The van der Waals surface area contributed by atoms with Crippen LogP contribution in [0.25, 0.3) is 0 Å². The largest absolute Gasteiger partial charge is 0.496 e. The van der Waals surface area contributed by atoms with Gasteiger partial charge in [0.2, 0.25) is 0 Å². The maximum Gasteiger partial charge on any atom is 0.494 e. The third-order valence-corrected chi connectivity index (χ3v) is 6.02. The van der Waals surface area contributed by atoms with Gasteiger partial charge >= 0.3 is 7.12 Å². The number of ether oxygens (including phenoxy) is 2. The zero-order valence-corrected chi connectivity index (χ0v) is 17.0. The Morgan fingerprint density at radius 1 is 1.19 bits per heavy atom. The van der Waals surface area contributed by atoms with Crippen LogP contribution < -0.4 is 10.2 Å². The summed E-state index contributed by atoms with van der Waals surface area (Å²) in [5, 5.41) is 0. The second kappa shape index (κ2) is 7.51. The lowest BCUT2D eigenvalue weighted by atomic mass is 9.78. The van der Waals surface area contributed by atoms with Crippen molar-refractivity contribution in [2.75, 3.05) is 26.9 Å². The van der Waals surface area contributed by atoms with Gasteiger partial charge in [-0.15, -0.1) is 0 Å². The molecule has 2 saturated heterocycles. The molecule has 6 heteroatoms. The van der Waals surface area contributed by atoms with Gasteiger partial charge in [-0.25, -0.2) is 0 Å². The van der Waals surface area contributed by atoms with E-state index in [1.54, 1.807) is 7.11 Å². The summed E-state index contributed by atoms with van der Waals surface area (Å²) in [5.41, 5.74) is 1.53. The number of hydrogen-bond donors (Lipinski definition) is 0. The molecule has 3 rings (SSSR count). The maximum absolute atomic E-state index is 6.21. The Labute approximate surface area is 158 Å². The lowest BCUT2D eigenvalue weighted by Crippen LogP contribution is -2.44. The highest BCUT2D eigenvalue weighted by Gasteiger charge is 2.51. The predicted molar refractivity (Wildman–Crippen MR) is 104 cm³/mol. The SMILES string of the molecule is CCC1COCCN1Cc1cc(B2OC(C)(C)C(C)(C)O2)ccc1OC. The Morgan fingerprint density at radius 2 is 1.88 bits per heavy atom. The first kappa shape index (κ1) is 19.7. The van der Waals surface area contributed by atoms with Gasteiger partial charge in [0.15, 0.2) is 0 Å². The molecule has 0 spiro atoms. The molecule has 26 heavy (non-hydrogen) atoms. The summed E-state index contributed by atoms with van der Waals surface area (Å²) in [5.74, 6) is 0.909. The number of rotatable bonds is 5. The van der Waals surface area contributed by atoms with Crippen LogP contribution in [0, 0.1) is 0 Å². The molecule has 0 aliphatic carbocycles. The van der Waals surface area contributed by atoms with E-state index in [2.05, 4.69) is 45.6 Å². The summed E-state index contributed by atoms with van der Waals surface area (Å²) in [4.78, 5) is 2.48. The second-order valence-corrected chi connectivity index (χ2v) is 8.27. The fourth-order valence-electron chi connectivity index (χ4n) is 3.54. The molecule has 0 aromatic heterocycles. The Kier molecular flexibility index (Phi) is 5.68. The van der Waals surface area contributed by atoms with Crippen LogP contribution in [-0.2, 0) is 20.6 Å². The Bertz CT molecular complexity index is 618. The summed E-state index contributed by atoms with van der Waals surface area (Å²) < 4.78 is 23.7. The van der Waals surface area contributed by atoms with Crippen LogP contribution >= 0.6 is 0 Å². The van der Waals surface area contributed by atoms with Gasteiger partial charge < -0.3 is 18.8 Å². The molecule has 1 aromatic carbocycles. The number of hydrogen-bond acceptors (Lipinski definition) is 5. The number of morpholine rings is 1. The predicted octanol–water partition coefficient (Wildman–Crippen LogP) is 2.61. The third kappa shape index (κ3) is 3.79. The molecule has 1 atom stereocenters. The minimum absolute atomic E-state index is 0.338. The molecule has 1 aromatic rings.